The van der Waals surface area contributed by atoms with E-state index in [1.54, 1.807) is 16.9 Å². The van der Waals surface area contributed by atoms with Crippen molar-refractivity contribution >= 4 is 17.4 Å². The number of aromatic amines is 1. The average molecular weight is 312 g/mol. The highest BCUT2D eigenvalue weighted by atomic mass is 16.6. The van der Waals surface area contributed by atoms with Crippen LogP contribution in [0.4, 0.5) is 11.5 Å². The number of carbonyl (C=O) groups is 1. The number of nitrogens with zero attached hydrogens (tertiary/aromatic N) is 4. The molecule has 0 aliphatic carbocycles. The maximum Gasteiger partial charge on any atom is 0.319 e. The molecular weight excluding hydrogens is 300 g/mol. The van der Waals surface area contributed by atoms with Gasteiger partial charge in [0.1, 0.15) is 6.20 Å². The zero-order valence-electron chi connectivity index (χ0n) is 11.8. The molecule has 116 valence electrons. The summed E-state index contributed by atoms with van der Waals surface area (Å²) in [5, 5.41) is 23.3. The molecule has 0 aliphatic heterocycles. The summed E-state index contributed by atoms with van der Waals surface area (Å²) < 4.78 is 1.66. The Balaban J connectivity index is 1.70. The summed E-state index contributed by atoms with van der Waals surface area (Å²) in [4.78, 5) is 22.2. The zero-order valence-corrected chi connectivity index (χ0v) is 11.8. The fraction of sp³-hybridized carbons (Fsp3) is 0.0714. The first kappa shape index (κ1) is 14.4. The van der Waals surface area contributed by atoms with E-state index < -0.39 is 10.8 Å². The third-order valence-electron chi connectivity index (χ3n) is 3.11. The molecule has 0 saturated carbocycles. The highest BCUT2D eigenvalue weighted by Gasteiger charge is 2.23. The molecule has 0 atom stereocenters. The number of H-pyrrole nitrogens is 1. The molecule has 2 aromatic heterocycles. The first-order valence-electron chi connectivity index (χ1n) is 6.70. The predicted octanol–water partition coefficient (Wildman–Crippen LogP) is 1.81. The van der Waals surface area contributed by atoms with Crippen LogP contribution in [0.2, 0.25) is 0 Å². The molecule has 0 aliphatic rings. The second kappa shape index (κ2) is 6.10. The van der Waals surface area contributed by atoms with Gasteiger partial charge in [0, 0.05) is 12.3 Å². The molecule has 0 radical (unpaired) electrons. The van der Waals surface area contributed by atoms with E-state index in [2.05, 4.69) is 20.6 Å². The van der Waals surface area contributed by atoms with Crippen LogP contribution in [0.15, 0.2) is 48.8 Å². The maximum absolute atomic E-state index is 12.0. The SMILES string of the molecule is O=C(Nc1ccn(Cc2ccccc2)n1)c1[nH]ncc1[N+](=O)[O-]. The Labute approximate surface area is 130 Å². The van der Waals surface area contributed by atoms with Crippen molar-refractivity contribution < 1.29 is 9.72 Å². The molecule has 3 aromatic rings. The van der Waals surface area contributed by atoms with Gasteiger partial charge in [-0.05, 0) is 5.56 Å². The fourth-order valence-electron chi connectivity index (χ4n) is 2.05. The van der Waals surface area contributed by atoms with Crippen molar-refractivity contribution in [3.63, 3.8) is 0 Å². The summed E-state index contributed by atoms with van der Waals surface area (Å²) in [5.74, 6) is -0.367. The van der Waals surface area contributed by atoms with Crippen LogP contribution < -0.4 is 5.32 Å². The van der Waals surface area contributed by atoms with Gasteiger partial charge in [0.25, 0.3) is 5.91 Å². The minimum Gasteiger partial charge on any atom is -0.304 e. The van der Waals surface area contributed by atoms with Crippen LogP contribution in [0, 0.1) is 10.1 Å². The topological polar surface area (TPSA) is 119 Å². The van der Waals surface area contributed by atoms with E-state index in [0.717, 1.165) is 11.8 Å². The minimum absolute atomic E-state index is 0.215. The Bertz CT molecular complexity index is 839. The number of aromatic nitrogens is 4. The second-order valence-electron chi connectivity index (χ2n) is 4.73. The van der Waals surface area contributed by atoms with Gasteiger partial charge >= 0.3 is 5.69 Å². The lowest BCUT2D eigenvalue weighted by Gasteiger charge is -2.02. The number of rotatable bonds is 5. The van der Waals surface area contributed by atoms with Crippen LogP contribution in [0.3, 0.4) is 0 Å². The Morgan fingerprint density at radius 2 is 2.09 bits per heavy atom. The van der Waals surface area contributed by atoms with Crippen molar-refractivity contribution in [1.82, 2.24) is 20.0 Å². The molecule has 9 nitrogen and oxygen atoms in total. The van der Waals surface area contributed by atoms with Crippen LogP contribution in [0.25, 0.3) is 0 Å². The number of carbonyl (C=O) groups excluding carboxylic acids is 1. The fourth-order valence-corrected chi connectivity index (χ4v) is 2.05. The summed E-state index contributed by atoms with van der Waals surface area (Å²) in [6, 6.07) is 11.3. The number of anilines is 1. The van der Waals surface area contributed by atoms with Gasteiger partial charge in [-0.15, -0.1) is 0 Å². The standard InChI is InChI=1S/C14H12N6O3/c21-14(13-11(20(22)23)8-15-17-13)16-12-6-7-19(18-12)9-10-4-2-1-3-5-10/h1-8H,9H2,(H,15,17)(H,16,18,21). The van der Waals surface area contributed by atoms with E-state index >= 15 is 0 Å². The number of nitrogens with one attached hydrogen (secondary N) is 2. The molecule has 0 bridgehead atoms. The lowest BCUT2D eigenvalue weighted by Crippen LogP contribution is -2.15. The number of hydrogen-bond donors (Lipinski definition) is 2. The molecule has 9 heteroatoms. The van der Waals surface area contributed by atoms with Crippen molar-refractivity contribution in [2.24, 2.45) is 0 Å². The van der Waals surface area contributed by atoms with Crippen LogP contribution in [-0.4, -0.2) is 30.8 Å². The summed E-state index contributed by atoms with van der Waals surface area (Å²) in [7, 11) is 0. The predicted molar refractivity (Wildman–Crippen MR) is 81.0 cm³/mol. The molecule has 23 heavy (non-hydrogen) atoms. The van der Waals surface area contributed by atoms with Gasteiger partial charge < -0.3 is 5.32 Å². The zero-order chi connectivity index (χ0) is 16.2. The molecule has 0 saturated heterocycles. The van der Waals surface area contributed by atoms with E-state index in [4.69, 9.17) is 0 Å². The van der Waals surface area contributed by atoms with Gasteiger partial charge in [-0.1, -0.05) is 30.3 Å². The first-order chi connectivity index (χ1) is 11.1. The molecule has 1 amide bonds. The quantitative estimate of drug-likeness (QED) is 0.550. The van der Waals surface area contributed by atoms with Gasteiger partial charge in [-0.3, -0.25) is 24.7 Å². The van der Waals surface area contributed by atoms with Gasteiger partial charge in [-0.2, -0.15) is 10.2 Å². The number of amides is 1. The van der Waals surface area contributed by atoms with Crippen molar-refractivity contribution in [3.05, 3.63) is 70.2 Å². The second-order valence-corrected chi connectivity index (χ2v) is 4.73. The number of nitro groups is 1. The minimum atomic E-state index is -0.674. The molecule has 0 fully saturated rings. The number of hydrogen-bond acceptors (Lipinski definition) is 5. The normalized spacial score (nSPS) is 10.4. The Kier molecular flexibility index (Phi) is 3.83. The van der Waals surface area contributed by atoms with Crippen molar-refractivity contribution in [1.29, 1.82) is 0 Å². The lowest BCUT2D eigenvalue weighted by molar-refractivity contribution is -0.385. The first-order valence-corrected chi connectivity index (χ1v) is 6.70. The van der Waals surface area contributed by atoms with E-state index in [0.29, 0.717) is 12.4 Å². The highest BCUT2D eigenvalue weighted by molar-refractivity contribution is 6.04. The Morgan fingerprint density at radius 1 is 1.30 bits per heavy atom. The van der Waals surface area contributed by atoms with Crippen LogP contribution >= 0.6 is 0 Å². The highest BCUT2D eigenvalue weighted by Crippen LogP contribution is 2.16. The van der Waals surface area contributed by atoms with Gasteiger partial charge in [-0.25, -0.2) is 0 Å². The third kappa shape index (κ3) is 3.23. The van der Waals surface area contributed by atoms with Crippen LogP contribution in [0.1, 0.15) is 16.1 Å². The monoisotopic (exact) mass is 312 g/mol. The third-order valence-corrected chi connectivity index (χ3v) is 3.11. The van der Waals surface area contributed by atoms with Gasteiger partial charge in [0.2, 0.25) is 5.69 Å². The molecule has 2 heterocycles. The van der Waals surface area contributed by atoms with Crippen LogP contribution in [-0.2, 0) is 6.54 Å². The summed E-state index contributed by atoms with van der Waals surface area (Å²) >= 11 is 0. The van der Waals surface area contributed by atoms with E-state index in [-0.39, 0.29) is 11.4 Å². The summed E-state index contributed by atoms with van der Waals surface area (Å²) in [6.07, 6.45) is 2.70. The molecule has 2 N–H and O–H groups in total. The molecular formula is C14H12N6O3. The van der Waals surface area contributed by atoms with Gasteiger partial charge in [0.05, 0.1) is 11.5 Å². The molecule has 3 rings (SSSR count). The summed E-state index contributed by atoms with van der Waals surface area (Å²) in [6.45, 7) is 0.556. The maximum atomic E-state index is 12.0. The summed E-state index contributed by atoms with van der Waals surface area (Å²) in [5.41, 5.74) is 0.469. The average Bonchev–Trinajstić information content (AvgIpc) is 3.17. The lowest BCUT2D eigenvalue weighted by atomic mass is 10.2. The van der Waals surface area contributed by atoms with Crippen molar-refractivity contribution in [2.45, 2.75) is 6.54 Å². The van der Waals surface area contributed by atoms with Crippen LogP contribution in [0.5, 0.6) is 0 Å². The van der Waals surface area contributed by atoms with Crippen molar-refractivity contribution in [3.8, 4) is 0 Å². The Morgan fingerprint density at radius 3 is 2.83 bits per heavy atom. The number of benzene rings is 1. The van der Waals surface area contributed by atoms with E-state index in [9.17, 15) is 14.9 Å². The molecule has 1 aromatic carbocycles. The van der Waals surface area contributed by atoms with E-state index in [1.165, 1.54) is 0 Å². The largest absolute Gasteiger partial charge is 0.319 e. The Hall–Kier alpha value is -3.49. The van der Waals surface area contributed by atoms with E-state index in [1.807, 2.05) is 30.3 Å². The smallest absolute Gasteiger partial charge is 0.304 e. The van der Waals surface area contributed by atoms with Gasteiger partial charge in [0.15, 0.2) is 5.82 Å². The van der Waals surface area contributed by atoms with Crippen molar-refractivity contribution in [2.75, 3.05) is 5.32 Å². The molecule has 0 unspecified atom stereocenters. The molecule has 0 spiro atoms.